The number of hydrogen-bond acceptors (Lipinski definition) is 0. The van der Waals surface area contributed by atoms with E-state index >= 15 is 0 Å². The van der Waals surface area contributed by atoms with E-state index < -0.39 is 0 Å². The van der Waals surface area contributed by atoms with E-state index in [9.17, 15) is 0 Å². The molecule has 0 spiro atoms. The minimum atomic E-state index is 0. The first-order valence-corrected chi connectivity index (χ1v) is 11.5. The molecule has 4 aliphatic rings. The van der Waals surface area contributed by atoms with Gasteiger partial charge in [-0.3, -0.25) is 0 Å². The van der Waals surface area contributed by atoms with Gasteiger partial charge in [0.1, 0.15) is 0 Å². The van der Waals surface area contributed by atoms with Crippen molar-refractivity contribution < 1.29 is 21.1 Å². The van der Waals surface area contributed by atoms with Gasteiger partial charge in [0.2, 0.25) is 0 Å². The predicted molar refractivity (Wildman–Crippen MR) is 126 cm³/mol. The summed E-state index contributed by atoms with van der Waals surface area (Å²) in [7, 11) is 0. The van der Waals surface area contributed by atoms with Gasteiger partial charge < -0.3 is 21.3 Å². The van der Waals surface area contributed by atoms with Gasteiger partial charge in [0.25, 0.3) is 0 Å². The average molecular weight is 584 g/mol. The fraction of sp³-hybridized carbons (Fsp3) is 0.833. The Balaban J connectivity index is 0.000000356. The first kappa shape index (κ1) is 28.8. The van der Waals surface area contributed by atoms with Crippen molar-refractivity contribution in [3.05, 3.63) is 45.2 Å². The van der Waals surface area contributed by atoms with Gasteiger partial charge in [0.05, 0.1) is 0 Å². The number of rotatable bonds is 0. The van der Waals surface area contributed by atoms with Gasteiger partial charge >= 0.3 is 21.1 Å². The molecule has 0 bridgehead atoms. The Morgan fingerprint density at radius 2 is 1.00 bits per heavy atom. The van der Waals surface area contributed by atoms with E-state index in [-0.39, 0.29) is 21.1 Å². The van der Waals surface area contributed by atoms with Crippen LogP contribution in [0.2, 0.25) is 0 Å². The molecular weight excluding hydrogens is 539 g/mol. The summed E-state index contributed by atoms with van der Waals surface area (Å²) in [5.74, 6) is 2.83. The summed E-state index contributed by atoms with van der Waals surface area (Å²) in [5.41, 5.74) is 1.31. The zero-order valence-corrected chi connectivity index (χ0v) is 21.5. The maximum Gasteiger partial charge on any atom is 4.00 e. The van der Waals surface area contributed by atoms with Gasteiger partial charge in [0, 0.05) is 0 Å². The van der Waals surface area contributed by atoms with Crippen LogP contribution < -0.4 is 0 Å². The maximum atomic E-state index is 4.23. The van der Waals surface area contributed by atoms with Crippen LogP contribution in [0, 0.1) is 17.8 Å². The van der Waals surface area contributed by atoms with Gasteiger partial charge in [-0.2, -0.15) is 6.20 Å². The molecule has 29 heavy (non-hydrogen) atoms. The Morgan fingerprint density at radius 1 is 0.655 bits per heavy atom. The summed E-state index contributed by atoms with van der Waals surface area (Å²) in [6.45, 7) is 16.5. The zero-order chi connectivity index (χ0) is 20.5. The molecule has 3 fully saturated rings. The quantitative estimate of drug-likeness (QED) is 0.290. The zero-order valence-electron chi connectivity index (χ0n) is 19.3. The van der Waals surface area contributed by atoms with E-state index in [1.54, 1.807) is 0 Å². The van der Waals surface area contributed by atoms with Crippen LogP contribution in [0.3, 0.4) is 0 Å². The smallest absolute Gasteiger partial charge is 0.687 e. The number of nitrogens with zero attached hydrogens (tertiary/aromatic N) is 4. The Labute approximate surface area is 195 Å². The molecule has 0 atom stereocenters. The normalized spacial score (nSPS) is 22.7. The van der Waals surface area contributed by atoms with Crippen molar-refractivity contribution in [2.75, 3.05) is 45.8 Å². The Hall–Kier alpha value is -0.152. The molecule has 0 unspecified atom stereocenters. The fourth-order valence-electron chi connectivity index (χ4n) is 3.13. The molecule has 4 aliphatic heterocycles. The molecular formula is C24H44N4Pt. The first-order valence-electron chi connectivity index (χ1n) is 11.5. The van der Waals surface area contributed by atoms with E-state index in [1.165, 1.54) is 44.1 Å². The second kappa shape index (κ2) is 19.8. The molecule has 0 amide bonds. The standard InChI is InChI=1S/3C6H12N.C6H8N.Pt/c4*1-6-2-4-7-5-3-6;/h3*6H,2-5H2,1H3;2-4H,5H2,1H3;/q4*-1;+4. The third-order valence-corrected chi connectivity index (χ3v) is 5.64. The SMILES string of the molecule is CC1=CC[N-]C=C1.CC1CC[N-]CC1.CC1CC[N-]CC1.CC1CC[N-]CC1.[Pt+4]. The second-order valence-electron chi connectivity index (χ2n) is 8.69. The molecule has 0 aromatic heterocycles. The van der Waals surface area contributed by atoms with E-state index in [4.69, 9.17) is 0 Å². The number of allylic oxidation sites excluding steroid dienone is 2. The van der Waals surface area contributed by atoms with Crippen LogP contribution in [-0.2, 0) is 21.1 Å². The van der Waals surface area contributed by atoms with Crippen LogP contribution in [0.4, 0.5) is 0 Å². The molecule has 4 heterocycles. The van der Waals surface area contributed by atoms with Crippen LogP contribution >= 0.6 is 0 Å². The van der Waals surface area contributed by atoms with Gasteiger partial charge in [0.15, 0.2) is 0 Å². The predicted octanol–water partition coefficient (Wildman–Crippen LogP) is 7.20. The number of piperidine rings is 3. The van der Waals surface area contributed by atoms with Crippen molar-refractivity contribution >= 4 is 0 Å². The molecule has 4 rings (SSSR count). The van der Waals surface area contributed by atoms with Crippen molar-refractivity contribution in [2.24, 2.45) is 17.8 Å². The molecule has 0 aromatic carbocycles. The van der Waals surface area contributed by atoms with E-state index in [1.807, 2.05) is 12.3 Å². The summed E-state index contributed by atoms with van der Waals surface area (Å²) >= 11 is 0. The molecule has 4 nitrogen and oxygen atoms in total. The topological polar surface area (TPSA) is 56.4 Å². The largest absolute Gasteiger partial charge is 4.00 e. The summed E-state index contributed by atoms with van der Waals surface area (Å²) in [5, 5.41) is 16.7. The molecule has 0 radical (unpaired) electrons. The monoisotopic (exact) mass is 583 g/mol. The van der Waals surface area contributed by atoms with Gasteiger partial charge in [-0.1, -0.05) is 77.0 Å². The second-order valence-corrected chi connectivity index (χ2v) is 8.69. The van der Waals surface area contributed by atoms with Crippen molar-refractivity contribution in [1.29, 1.82) is 0 Å². The van der Waals surface area contributed by atoms with Crippen LogP contribution in [0.25, 0.3) is 21.3 Å². The molecule has 3 saturated heterocycles. The van der Waals surface area contributed by atoms with E-state index in [0.717, 1.165) is 63.6 Å². The number of hydrogen-bond donors (Lipinski definition) is 0. The van der Waals surface area contributed by atoms with Gasteiger partial charge in [-0.15, -0.1) is 45.8 Å². The fourth-order valence-corrected chi connectivity index (χ4v) is 3.13. The van der Waals surface area contributed by atoms with Gasteiger partial charge in [-0.05, 0) is 24.7 Å². The van der Waals surface area contributed by atoms with Crippen molar-refractivity contribution in [2.45, 2.75) is 66.2 Å². The van der Waals surface area contributed by atoms with Crippen molar-refractivity contribution in [3.8, 4) is 0 Å². The molecule has 0 saturated carbocycles. The third kappa shape index (κ3) is 18.3. The first-order chi connectivity index (χ1) is 13.6. The molecule has 0 N–H and O–H groups in total. The van der Waals surface area contributed by atoms with Crippen LogP contribution in [0.15, 0.2) is 23.9 Å². The van der Waals surface area contributed by atoms with Crippen LogP contribution in [0.1, 0.15) is 66.2 Å². The molecule has 5 heteroatoms. The summed E-state index contributed by atoms with van der Waals surface area (Å²) in [6.07, 6.45) is 13.9. The molecule has 0 aromatic rings. The van der Waals surface area contributed by atoms with E-state index in [2.05, 4.69) is 55.0 Å². The molecule has 170 valence electrons. The summed E-state index contributed by atoms with van der Waals surface area (Å²) in [4.78, 5) is 0. The Bertz CT molecular complexity index is 369. The molecule has 0 aliphatic carbocycles. The van der Waals surface area contributed by atoms with E-state index in [0.29, 0.717) is 0 Å². The minimum absolute atomic E-state index is 0. The van der Waals surface area contributed by atoms with Crippen molar-refractivity contribution in [1.82, 2.24) is 0 Å². The summed E-state index contributed by atoms with van der Waals surface area (Å²) < 4.78 is 0. The summed E-state index contributed by atoms with van der Waals surface area (Å²) in [6, 6.07) is 0. The Kier molecular flexibility index (Phi) is 19.7. The third-order valence-electron chi connectivity index (χ3n) is 5.64. The van der Waals surface area contributed by atoms with Crippen LogP contribution in [-0.4, -0.2) is 45.8 Å². The average Bonchev–Trinajstić information content (AvgIpc) is 2.72. The minimum Gasteiger partial charge on any atom is -0.687 e. The van der Waals surface area contributed by atoms with Crippen LogP contribution in [0.5, 0.6) is 0 Å². The van der Waals surface area contributed by atoms with Crippen molar-refractivity contribution in [3.63, 3.8) is 0 Å². The Morgan fingerprint density at radius 3 is 1.14 bits per heavy atom. The maximum absolute atomic E-state index is 4.23. The van der Waals surface area contributed by atoms with Gasteiger partial charge in [-0.25, -0.2) is 0 Å².